The van der Waals surface area contributed by atoms with E-state index in [4.69, 9.17) is 4.74 Å². The molecule has 8 heteroatoms. The number of methoxy groups -OCH3 is 1. The number of sulfonamides is 1. The number of rotatable bonds is 9. The fraction of sp³-hybridized carbons (Fsp3) is 0.435. The number of carbonyl (C=O) groups excluding carboxylic acids is 1. The van der Waals surface area contributed by atoms with E-state index >= 15 is 0 Å². The average Bonchev–Trinajstić information content (AvgIpc) is 2.78. The standard InChI is InChI=1S/C23H31N3O4S/c1-4-26(5-2)31(28,29)18-13-14-22(30-3)21(15-18)25-23(27)16-24-20-12-8-10-17-9-6-7-11-19(17)20/h8,10,12-15,24H,4-7,9,11,16H2,1-3H3,(H,25,27). The van der Waals surface area contributed by atoms with Gasteiger partial charge in [-0.1, -0.05) is 26.0 Å². The van der Waals surface area contributed by atoms with Gasteiger partial charge in [0.15, 0.2) is 0 Å². The summed E-state index contributed by atoms with van der Waals surface area (Å²) >= 11 is 0. The molecule has 0 aromatic heterocycles. The maximum absolute atomic E-state index is 12.8. The number of hydrogen-bond acceptors (Lipinski definition) is 5. The van der Waals surface area contributed by atoms with Crippen molar-refractivity contribution in [1.82, 2.24) is 4.31 Å². The van der Waals surface area contributed by atoms with Crippen molar-refractivity contribution in [2.24, 2.45) is 0 Å². The summed E-state index contributed by atoms with van der Waals surface area (Å²) in [6.07, 6.45) is 4.44. The first-order valence-electron chi connectivity index (χ1n) is 10.7. The van der Waals surface area contributed by atoms with Gasteiger partial charge in [-0.25, -0.2) is 8.42 Å². The van der Waals surface area contributed by atoms with Crippen molar-refractivity contribution in [1.29, 1.82) is 0 Å². The van der Waals surface area contributed by atoms with E-state index in [2.05, 4.69) is 16.7 Å². The van der Waals surface area contributed by atoms with Crippen LogP contribution in [0.3, 0.4) is 0 Å². The van der Waals surface area contributed by atoms with Crippen LogP contribution < -0.4 is 15.4 Å². The summed E-state index contributed by atoms with van der Waals surface area (Å²) in [4.78, 5) is 12.8. The van der Waals surface area contributed by atoms with Crippen molar-refractivity contribution in [3.05, 3.63) is 47.5 Å². The molecule has 0 atom stereocenters. The number of benzene rings is 2. The summed E-state index contributed by atoms with van der Waals surface area (Å²) in [6.45, 7) is 4.41. The van der Waals surface area contributed by atoms with Crippen LogP contribution in [0.4, 0.5) is 11.4 Å². The molecule has 2 aromatic carbocycles. The fourth-order valence-corrected chi connectivity index (χ4v) is 5.46. The van der Waals surface area contributed by atoms with E-state index in [9.17, 15) is 13.2 Å². The second-order valence-corrected chi connectivity index (χ2v) is 9.44. The van der Waals surface area contributed by atoms with Gasteiger partial charge in [0.1, 0.15) is 5.75 Å². The number of hydrogen-bond donors (Lipinski definition) is 2. The molecule has 0 unspecified atom stereocenters. The van der Waals surface area contributed by atoms with Crippen LogP contribution >= 0.6 is 0 Å². The molecule has 1 aliphatic rings. The Morgan fingerprint density at radius 2 is 1.81 bits per heavy atom. The topological polar surface area (TPSA) is 87.7 Å². The molecule has 0 bridgehead atoms. The maximum Gasteiger partial charge on any atom is 0.243 e. The summed E-state index contributed by atoms with van der Waals surface area (Å²) in [5, 5.41) is 6.02. The number of ether oxygens (including phenoxy) is 1. The predicted octanol–water partition coefficient (Wildman–Crippen LogP) is 3.66. The zero-order valence-corrected chi connectivity index (χ0v) is 19.2. The lowest BCUT2D eigenvalue weighted by molar-refractivity contribution is -0.114. The van der Waals surface area contributed by atoms with Gasteiger partial charge in [0.2, 0.25) is 15.9 Å². The number of amides is 1. The summed E-state index contributed by atoms with van der Waals surface area (Å²) in [5.41, 5.74) is 3.94. The molecule has 0 heterocycles. The zero-order valence-electron chi connectivity index (χ0n) is 18.4. The molecule has 0 saturated heterocycles. The van der Waals surface area contributed by atoms with Gasteiger partial charge in [0.05, 0.1) is 24.2 Å². The highest BCUT2D eigenvalue weighted by Crippen LogP contribution is 2.30. The van der Waals surface area contributed by atoms with Gasteiger partial charge in [-0.3, -0.25) is 4.79 Å². The molecule has 0 saturated carbocycles. The lowest BCUT2D eigenvalue weighted by Crippen LogP contribution is -2.30. The number of nitrogens with one attached hydrogen (secondary N) is 2. The Morgan fingerprint density at radius 1 is 1.06 bits per heavy atom. The smallest absolute Gasteiger partial charge is 0.243 e. The molecular weight excluding hydrogens is 414 g/mol. The third kappa shape index (κ3) is 5.19. The third-order valence-corrected chi connectivity index (χ3v) is 7.67. The number of fused-ring (bicyclic) bond motifs is 1. The molecule has 168 valence electrons. The van der Waals surface area contributed by atoms with Gasteiger partial charge in [0.25, 0.3) is 0 Å². The lowest BCUT2D eigenvalue weighted by atomic mass is 9.90. The van der Waals surface area contributed by atoms with E-state index in [1.54, 1.807) is 19.9 Å². The Balaban J connectivity index is 1.75. The Hall–Kier alpha value is -2.58. The van der Waals surface area contributed by atoms with Crippen molar-refractivity contribution in [2.75, 3.05) is 37.4 Å². The van der Waals surface area contributed by atoms with E-state index in [0.29, 0.717) is 24.5 Å². The maximum atomic E-state index is 12.8. The Morgan fingerprint density at radius 3 is 2.52 bits per heavy atom. The van der Waals surface area contributed by atoms with E-state index in [-0.39, 0.29) is 17.3 Å². The Kier molecular flexibility index (Phi) is 7.56. The van der Waals surface area contributed by atoms with Gasteiger partial charge in [0, 0.05) is 18.8 Å². The number of carbonyl (C=O) groups is 1. The normalized spacial score (nSPS) is 13.5. The molecule has 0 fully saturated rings. The number of nitrogens with zero attached hydrogens (tertiary/aromatic N) is 1. The molecule has 2 N–H and O–H groups in total. The van der Waals surface area contributed by atoms with Crippen LogP contribution in [0.5, 0.6) is 5.75 Å². The first kappa shape index (κ1) is 23.1. The molecule has 3 rings (SSSR count). The van der Waals surface area contributed by atoms with E-state index < -0.39 is 10.0 Å². The minimum Gasteiger partial charge on any atom is -0.495 e. The van der Waals surface area contributed by atoms with E-state index in [1.165, 1.54) is 41.1 Å². The van der Waals surface area contributed by atoms with E-state index in [0.717, 1.165) is 24.9 Å². The van der Waals surface area contributed by atoms with Crippen molar-refractivity contribution >= 4 is 27.3 Å². The van der Waals surface area contributed by atoms with Crippen LogP contribution in [0, 0.1) is 0 Å². The third-order valence-electron chi connectivity index (χ3n) is 5.62. The molecular formula is C23H31N3O4S. The summed E-state index contributed by atoms with van der Waals surface area (Å²) < 4.78 is 32.4. The minimum atomic E-state index is -3.64. The molecule has 1 aliphatic carbocycles. The van der Waals surface area contributed by atoms with Crippen LogP contribution in [-0.2, 0) is 27.7 Å². The van der Waals surface area contributed by atoms with Gasteiger partial charge < -0.3 is 15.4 Å². The van der Waals surface area contributed by atoms with Crippen molar-refractivity contribution in [3.8, 4) is 5.75 Å². The van der Waals surface area contributed by atoms with Gasteiger partial charge in [-0.05, 0) is 61.1 Å². The Labute approximate surface area is 184 Å². The molecule has 7 nitrogen and oxygen atoms in total. The second-order valence-electron chi connectivity index (χ2n) is 7.50. The van der Waals surface area contributed by atoms with Crippen molar-refractivity contribution in [3.63, 3.8) is 0 Å². The monoisotopic (exact) mass is 445 g/mol. The van der Waals surface area contributed by atoms with Crippen molar-refractivity contribution < 1.29 is 17.9 Å². The quantitative estimate of drug-likeness (QED) is 0.615. The average molecular weight is 446 g/mol. The molecule has 0 radical (unpaired) electrons. The molecule has 2 aromatic rings. The lowest BCUT2D eigenvalue weighted by Gasteiger charge is -2.21. The van der Waals surface area contributed by atoms with Crippen LogP contribution in [-0.4, -0.2) is 45.4 Å². The molecule has 31 heavy (non-hydrogen) atoms. The first-order chi connectivity index (χ1) is 14.9. The molecule has 0 spiro atoms. The molecule has 1 amide bonds. The summed E-state index contributed by atoms with van der Waals surface area (Å²) in [5.74, 6) is 0.132. The number of aryl methyl sites for hydroxylation is 1. The predicted molar refractivity (Wildman–Crippen MR) is 123 cm³/mol. The van der Waals surface area contributed by atoms with Crippen LogP contribution in [0.1, 0.15) is 37.8 Å². The van der Waals surface area contributed by atoms with Crippen LogP contribution in [0.15, 0.2) is 41.3 Å². The van der Waals surface area contributed by atoms with Gasteiger partial charge in [-0.2, -0.15) is 4.31 Å². The van der Waals surface area contributed by atoms with Crippen LogP contribution in [0.2, 0.25) is 0 Å². The highest BCUT2D eigenvalue weighted by molar-refractivity contribution is 7.89. The largest absolute Gasteiger partial charge is 0.495 e. The molecule has 0 aliphatic heterocycles. The summed E-state index contributed by atoms with van der Waals surface area (Å²) in [6, 6.07) is 10.7. The SMILES string of the molecule is CCN(CC)S(=O)(=O)c1ccc(OC)c(NC(=O)CNc2cccc3c2CCCC3)c1. The zero-order chi connectivity index (χ0) is 22.4. The highest BCUT2D eigenvalue weighted by atomic mass is 32.2. The highest BCUT2D eigenvalue weighted by Gasteiger charge is 2.23. The fourth-order valence-electron chi connectivity index (χ4n) is 3.97. The van der Waals surface area contributed by atoms with Gasteiger partial charge >= 0.3 is 0 Å². The summed E-state index contributed by atoms with van der Waals surface area (Å²) in [7, 11) is -2.15. The minimum absolute atomic E-state index is 0.0760. The number of anilines is 2. The first-order valence-corrected chi connectivity index (χ1v) is 12.2. The van der Waals surface area contributed by atoms with Crippen LogP contribution in [0.25, 0.3) is 0 Å². The second kappa shape index (κ2) is 10.2. The van der Waals surface area contributed by atoms with E-state index in [1.807, 2.05) is 12.1 Å². The van der Waals surface area contributed by atoms with Crippen molar-refractivity contribution in [2.45, 2.75) is 44.4 Å². The Bertz CT molecular complexity index is 1030. The van der Waals surface area contributed by atoms with Gasteiger partial charge in [-0.15, -0.1) is 0 Å².